The second-order valence-electron chi connectivity index (χ2n) is 13.7. The van der Waals surface area contributed by atoms with Gasteiger partial charge in [-0.2, -0.15) is 0 Å². The van der Waals surface area contributed by atoms with Gasteiger partial charge in [0.2, 0.25) is 14.8 Å². The third-order valence-electron chi connectivity index (χ3n) is 8.44. The highest BCUT2D eigenvalue weighted by Crippen LogP contribution is 2.41. The standard InChI is InChI=1S/C41H43N3O9S2/c1-26-22-24-31(25-23-26)55(49,50)54-38-33(42-36(45)32(28-16-10-7-11-17-28)43-40(48)53-41(3,4)5)37(46)44(38)34(27(2)51-6)39(47)52-35(29-18-12-8-13-19-29)30-20-14-9-15-21-30/h7-25,32-33,35,38H,1-6H3,(H,42,45)(H,43,48). The van der Waals surface area contributed by atoms with Gasteiger partial charge in [-0.15, -0.1) is 0 Å². The van der Waals surface area contributed by atoms with Gasteiger partial charge in [-0.05, 0) is 63.4 Å². The molecule has 1 heterocycles. The molecule has 0 radical (unpaired) electrons. The summed E-state index contributed by atoms with van der Waals surface area (Å²) in [5.41, 5.74) is 1.27. The molecule has 0 aromatic heterocycles. The van der Waals surface area contributed by atoms with Crippen LogP contribution in [0, 0.1) is 6.92 Å². The summed E-state index contributed by atoms with van der Waals surface area (Å²) < 4.78 is 44.8. The van der Waals surface area contributed by atoms with Crippen molar-refractivity contribution in [3.05, 3.63) is 149 Å². The molecule has 0 aliphatic carbocycles. The third-order valence-corrected chi connectivity index (χ3v) is 12.1. The highest BCUT2D eigenvalue weighted by atomic mass is 33.1. The van der Waals surface area contributed by atoms with Gasteiger partial charge in [0, 0.05) is 10.8 Å². The van der Waals surface area contributed by atoms with E-state index in [0.717, 1.165) is 10.5 Å². The lowest BCUT2D eigenvalue weighted by Gasteiger charge is -2.46. The summed E-state index contributed by atoms with van der Waals surface area (Å²) >= 11 is 0. The van der Waals surface area contributed by atoms with Crippen molar-refractivity contribution in [3.8, 4) is 0 Å². The molecule has 0 bridgehead atoms. The molecule has 0 saturated carbocycles. The summed E-state index contributed by atoms with van der Waals surface area (Å²) in [4.78, 5) is 56.4. The Kier molecular flexibility index (Phi) is 12.7. The van der Waals surface area contributed by atoms with E-state index in [1.165, 1.54) is 26.2 Å². The number of allylic oxidation sites excluding steroid dienone is 1. The van der Waals surface area contributed by atoms with Crippen molar-refractivity contribution < 1.29 is 41.8 Å². The second kappa shape index (κ2) is 17.2. The average molecular weight is 786 g/mol. The van der Waals surface area contributed by atoms with Crippen LogP contribution in [-0.4, -0.2) is 61.3 Å². The number of hydrogen-bond donors (Lipinski definition) is 2. The minimum atomic E-state index is -4.21. The van der Waals surface area contributed by atoms with Crippen LogP contribution >= 0.6 is 10.8 Å². The predicted octanol–water partition coefficient (Wildman–Crippen LogP) is 6.55. The van der Waals surface area contributed by atoms with Crippen LogP contribution in [-0.2, 0) is 37.5 Å². The Morgan fingerprint density at radius 2 is 1.31 bits per heavy atom. The number of nitrogens with one attached hydrogen (secondary N) is 2. The molecule has 4 aromatic rings. The average Bonchev–Trinajstić information content (AvgIpc) is 3.16. The predicted molar refractivity (Wildman–Crippen MR) is 208 cm³/mol. The van der Waals surface area contributed by atoms with Crippen LogP contribution in [0.5, 0.6) is 0 Å². The normalized spacial score (nSPS) is 16.6. The van der Waals surface area contributed by atoms with Gasteiger partial charge in [-0.3, -0.25) is 14.5 Å². The van der Waals surface area contributed by atoms with E-state index in [0.29, 0.717) is 27.5 Å². The summed E-state index contributed by atoms with van der Waals surface area (Å²) in [6.07, 6.45) is -1.80. The topological polar surface area (TPSA) is 157 Å². The third kappa shape index (κ3) is 9.94. The number of likely N-dealkylation sites (tertiary alicyclic amines) is 1. The van der Waals surface area contributed by atoms with E-state index in [1.54, 1.807) is 112 Å². The first-order valence-electron chi connectivity index (χ1n) is 17.3. The number of β-lactam (4-membered cyclic amide) rings is 1. The number of carbonyl (C=O) groups is 4. The van der Waals surface area contributed by atoms with Crippen molar-refractivity contribution in [2.24, 2.45) is 0 Å². The molecule has 1 fully saturated rings. The molecule has 12 nitrogen and oxygen atoms in total. The maximum absolute atomic E-state index is 14.3. The van der Waals surface area contributed by atoms with Crippen molar-refractivity contribution >= 4 is 43.5 Å². The first-order chi connectivity index (χ1) is 26.1. The zero-order valence-electron chi connectivity index (χ0n) is 31.2. The number of methoxy groups -OCH3 is 1. The number of ether oxygens (including phenoxy) is 3. The molecule has 1 saturated heterocycles. The van der Waals surface area contributed by atoms with Crippen LogP contribution in [0.4, 0.5) is 4.79 Å². The number of carbonyl (C=O) groups excluding carboxylic acids is 4. The number of esters is 1. The highest BCUT2D eigenvalue weighted by Gasteiger charge is 2.55. The Morgan fingerprint density at radius 3 is 1.80 bits per heavy atom. The van der Waals surface area contributed by atoms with Gasteiger partial charge in [-0.1, -0.05) is 109 Å². The summed E-state index contributed by atoms with van der Waals surface area (Å²) in [6.45, 7) is 8.26. The molecule has 14 heteroatoms. The van der Waals surface area contributed by atoms with Gasteiger partial charge < -0.3 is 24.8 Å². The van der Waals surface area contributed by atoms with E-state index in [-0.39, 0.29) is 16.4 Å². The molecule has 55 heavy (non-hydrogen) atoms. The molecule has 1 aliphatic heterocycles. The SMILES string of the molecule is COC(C)=C(C(=O)OC(c1ccccc1)c1ccccc1)N1C(=O)C(NC(=O)C(NC(=O)OC(C)(C)C)c2ccccc2)C1SS(=O)(=O)c1ccc(C)cc1. The summed E-state index contributed by atoms with van der Waals surface area (Å²) in [5, 5.41) is 3.81. The Morgan fingerprint density at radius 1 is 0.800 bits per heavy atom. The van der Waals surface area contributed by atoms with Gasteiger partial charge in [0.1, 0.15) is 28.8 Å². The van der Waals surface area contributed by atoms with Crippen LogP contribution in [0.15, 0.2) is 132 Å². The number of hydrogen-bond acceptors (Lipinski definition) is 10. The fraction of sp³-hybridized carbons (Fsp3) is 0.268. The van der Waals surface area contributed by atoms with E-state index >= 15 is 0 Å². The summed E-state index contributed by atoms with van der Waals surface area (Å²) in [5.74, 6) is -2.64. The minimum Gasteiger partial charge on any atom is -0.499 e. The maximum Gasteiger partial charge on any atom is 0.408 e. The number of aryl methyl sites for hydroxylation is 1. The zero-order valence-corrected chi connectivity index (χ0v) is 32.8. The number of nitrogens with zero attached hydrogens (tertiary/aromatic N) is 1. The van der Waals surface area contributed by atoms with E-state index in [4.69, 9.17) is 14.2 Å². The van der Waals surface area contributed by atoms with Crippen LogP contribution in [0.2, 0.25) is 0 Å². The van der Waals surface area contributed by atoms with Crippen molar-refractivity contribution in [2.45, 2.75) is 68.7 Å². The Balaban J connectivity index is 1.52. The molecule has 3 atom stereocenters. The molecule has 2 N–H and O–H groups in total. The number of alkyl carbamates (subject to hydrolysis) is 1. The zero-order chi connectivity index (χ0) is 39.9. The second-order valence-corrected chi connectivity index (χ2v) is 17.6. The van der Waals surface area contributed by atoms with Crippen molar-refractivity contribution in [1.82, 2.24) is 15.5 Å². The quantitative estimate of drug-likeness (QED) is 0.0501. The highest BCUT2D eigenvalue weighted by molar-refractivity contribution is 8.72. The Hall–Kier alpha value is -5.60. The van der Waals surface area contributed by atoms with E-state index in [2.05, 4.69) is 10.6 Å². The van der Waals surface area contributed by atoms with Crippen LogP contribution in [0.3, 0.4) is 0 Å². The van der Waals surface area contributed by atoms with Crippen LogP contribution in [0.1, 0.15) is 62.1 Å². The molecule has 3 unspecified atom stereocenters. The smallest absolute Gasteiger partial charge is 0.408 e. The molecule has 4 aromatic carbocycles. The molecule has 288 valence electrons. The van der Waals surface area contributed by atoms with E-state index in [1.807, 2.05) is 19.1 Å². The van der Waals surface area contributed by atoms with Gasteiger partial charge in [0.15, 0.2) is 11.8 Å². The molecule has 0 spiro atoms. The largest absolute Gasteiger partial charge is 0.499 e. The fourth-order valence-electron chi connectivity index (χ4n) is 5.69. The fourth-order valence-corrected chi connectivity index (χ4v) is 9.15. The monoisotopic (exact) mass is 785 g/mol. The van der Waals surface area contributed by atoms with E-state index < -0.39 is 61.9 Å². The summed E-state index contributed by atoms with van der Waals surface area (Å²) in [6, 6.07) is 29.6. The van der Waals surface area contributed by atoms with Crippen molar-refractivity contribution in [1.29, 1.82) is 0 Å². The molecule has 3 amide bonds. The van der Waals surface area contributed by atoms with Gasteiger partial charge in [0.25, 0.3) is 5.91 Å². The lowest BCUT2D eigenvalue weighted by atomic mass is 10.0. The lowest BCUT2D eigenvalue weighted by Crippen LogP contribution is -2.70. The Labute approximate surface area is 324 Å². The molecular weight excluding hydrogens is 743 g/mol. The molecule has 1 aliphatic rings. The first kappa shape index (κ1) is 40.6. The van der Waals surface area contributed by atoms with Gasteiger partial charge in [0.05, 0.1) is 12.0 Å². The first-order valence-corrected chi connectivity index (χ1v) is 20.2. The van der Waals surface area contributed by atoms with E-state index in [9.17, 15) is 27.6 Å². The van der Waals surface area contributed by atoms with Crippen molar-refractivity contribution in [2.75, 3.05) is 7.11 Å². The number of rotatable bonds is 13. The van der Waals surface area contributed by atoms with Crippen molar-refractivity contribution in [3.63, 3.8) is 0 Å². The molecular formula is C41H43N3O9S2. The number of amides is 3. The minimum absolute atomic E-state index is 0.0323. The molecule has 5 rings (SSSR count). The Bertz CT molecular complexity index is 2100. The van der Waals surface area contributed by atoms with Crippen LogP contribution < -0.4 is 10.6 Å². The summed E-state index contributed by atoms with van der Waals surface area (Å²) in [7, 11) is -2.53. The van der Waals surface area contributed by atoms with Gasteiger partial charge >= 0.3 is 12.1 Å². The van der Waals surface area contributed by atoms with Gasteiger partial charge in [-0.25, -0.2) is 18.0 Å². The lowest BCUT2D eigenvalue weighted by molar-refractivity contribution is -0.155. The number of benzene rings is 4. The maximum atomic E-state index is 14.3. The van der Waals surface area contributed by atoms with Crippen LogP contribution in [0.25, 0.3) is 0 Å².